The molecule has 94 valence electrons. The molecule has 0 aromatic carbocycles. The van der Waals surface area contributed by atoms with Crippen LogP contribution < -0.4 is 4.90 Å². The number of nitrogens with zero attached hydrogens (tertiary/aromatic N) is 3. The van der Waals surface area contributed by atoms with Crippen molar-refractivity contribution in [3.05, 3.63) is 17.5 Å². The Kier molecular flexibility index (Phi) is 3.57. The summed E-state index contributed by atoms with van der Waals surface area (Å²) >= 11 is 5.81. The summed E-state index contributed by atoms with van der Waals surface area (Å²) in [5.41, 5.74) is 2.48. The van der Waals surface area contributed by atoms with Crippen molar-refractivity contribution in [3.8, 4) is 0 Å². The molecule has 0 saturated carbocycles. The summed E-state index contributed by atoms with van der Waals surface area (Å²) in [7, 11) is 0. The van der Waals surface area contributed by atoms with E-state index < -0.39 is 0 Å². The highest BCUT2D eigenvalue weighted by Crippen LogP contribution is 2.31. The maximum atomic E-state index is 5.81. The maximum absolute atomic E-state index is 5.81. The van der Waals surface area contributed by atoms with Crippen LogP contribution in [0.5, 0.6) is 0 Å². The van der Waals surface area contributed by atoms with Crippen LogP contribution in [0.2, 0.25) is 0 Å². The van der Waals surface area contributed by atoms with Gasteiger partial charge in [-0.3, -0.25) is 0 Å². The number of rotatable bonds is 2. The molecule has 0 atom stereocenters. The minimum absolute atomic E-state index is 0.460. The van der Waals surface area contributed by atoms with E-state index in [2.05, 4.69) is 28.7 Å². The fourth-order valence-electron chi connectivity index (χ4n) is 2.08. The molecule has 0 aliphatic carbocycles. The fraction of sp³-hybridized carbons (Fsp3) is 0.692. The van der Waals surface area contributed by atoms with Crippen molar-refractivity contribution in [2.24, 2.45) is 5.41 Å². The van der Waals surface area contributed by atoms with E-state index in [9.17, 15) is 0 Å². The molecule has 0 unspecified atom stereocenters. The first-order valence-electron chi connectivity index (χ1n) is 6.15. The lowest BCUT2D eigenvalue weighted by molar-refractivity contribution is 0.278. The number of hydrogen-bond donors (Lipinski definition) is 0. The van der Waals surface area contributed by atoms with Gasteiger partial charge in [0.05, 0.1) is 5.88 Å². The quantitative estimate of drug-likeness (QED) is 0.759. The van der Waals surface area contributed by atoms with Crippen LogP contribution in [0, 0.1) is 12.3 Å². The molecule has 0 radical (unpaired) electrons. The van der Waals surface area contributed by atoms with Gasteiger partial charge < -0.3 is 4.90 Å². The lowest BCUT2D eigenvalue weighted by atomic mass is 9.83. The summed E-state index contributed by atoms with van der Waals surface area (Å²) in [5, 5.41) is 0. The molecular formula is C13H20ClN3. The maximum Gasteiger partial charge on any atom is 0.225 e. The zero-order valence-electron chi connectivity index (χ0n) is 10.8. The molecule has 17 heavy (non-hydrogen) atoms. The highest BCUT2D eigenvalue weighted by molar-refractivity contribution is 6.17. The standard InChI is InChI=1S/C13H20ClN3/c1-10-11(8-14)9-15-12(16-10)17-6-4-13(2,3)5-7-17/h9H,4-8H2,1-3H3. The smallest absolute Gasteiger partial charge is 0.225 e. The number of piperidine rings is 1. The molecule has 0 amide bonds. The SMILES string of the molecule is Cc1nc(N2CCC(C)(C)CC2)ncc1CCl. The van der Waals surface area contributed by atoms with Gasteiger partial charge in [-0.05, 0) is 25.2 Å². The number of anilines is 1. The van der Waals surface area contributed by atoms with Crippen molar-refractivity contribution in [2.45, 2.75) is 39.5 Å². The van der Waals surface area contributed by atoms with Crippen LogP contribution in [0.25, 0.3) is 0 Å². The predicted octanol–water partition coefficient (Wildman–Crippen LogP) is 3.15. The van der Waals surface area contributed by atoms with Crippen LogP contribution in [0.4, 0.5) is 5.95 Å². The third-order valence-electron chi connectivity index (χ3n) is 3.61. The Labute approximate surface area is 108 Å². The molecule has 2 rings (SSSR count). The normalized spacial score (nSPS) is 19.4. The third-order valence-corrected chi connectivity index (χ3v) is 3.90. The highest BCUT2D eigenvalue weighted by atomic mass is 35.5. The Morgan fingerprint density at radius 3 is 2.53 bits per heavy atom. The van der Waals surface area contributed by atoms with Crippen LogP contribution in [0.1, 0.15) is 37.9 Å². The van der Waals surface area contributed by atoms with Crippen LogP contribution in [0.3, 0.4) is 0 Å². The topological polar surface area (TPSA) is 29.0 Å². The van der Waals surface area contributed by atoms with Crippen molar-refractivity contribution >= 4 is 17.5 Å². The Balaban J connectivity index is 2.11. The number of aromatic nitrogens is 2. The highest BCUT2D eigenvalue weighted by Gasteiger charge is 2.26. The summed E-state index contributed by atoms with van der Waals surface area (Å²) in [4.78, 5) is 11.2. The predicted molar refractivity (Wildman–Crippen MR) is 71.6 cm³/mol. The van der Waals surface area contributed by atoms with Gasteiger partial charge in [0.15, 0.2) is 0 Å². The molecule has 1 aromatic heterocycles. The van der Waals surface area contributed by atoms with E-state index in [1.54, 1.807) is 0 Å². The van der Waals surface area contributed by atoms with Gasteiger partial charge in [0.2, 0.25) is 5.95 Å². The largest absolute Gasteiger partial charge is 0.341 e. The number of halogens is 1. The Hall–Kier alpha value is -0.830. The first kappa shape index (κ1) is 12.6. The summed E-state index contributed by atoms with van der Waals surface area (Å²) < 4.78 is 0. The molecule has 0 spiro atoms. The van der Waals surface area contributed by atoms with E-state index in [1.807, 2.05) is 13.1 Å². The molecule has 1 aliphatic rings. The minimum Gasteiger partial charge on any atom is -0.341 e. The second kappa shape index (κ2) is 4.81. The molecule has 0 bridgehead atoms. The van der Waals surface area contributed by atoms with Crippen LogP contribution >= 0.6 is 11.6 Å². The molecule has 1 aliphatic heterocycles. The number of aryl methyl sites for hydroxylation is 1. The van der Waals surface area contributed by atoms with Gasteiger partial charge in [0.25, 0.3) is 0 Å². The van der Waals surface area contributed by atoms with E-state index >= 15 is 0 Å². The van der Waals surface area contributed by atoms with Gasteiger partial charge in [0.1, 0.15) is 0 Å². The zero-order chi connectivity index (χ0) is 12.5. The average molecular weight is 254 g/mol. The van der Waals surface area contributed by atoms with Crippen molar-refractivity contribution in [3.63, 3.8) is 0 Å². The molecule has 1 aromatic rings. The van der Waals surface area contributed by atoms with Gasteiger partial charge >= 0.3 is 0 Å². The summed E-state index contributed by atoms with van der Waals surface area (Å²) in [6, 6.07) is 0. The first-order valence-corrected chi connectivity index (χ1v) is 6.69. The van der Waals surface area contributed by atoms with Crippen molar-refractivity contribution < 1.29 is 0 Å². The minimum atomic E-state index is 0.460. The number of hydrogen-bond acceptors (Lipinski definition) is 3. The van der Waals surface area contributed by atoms with Crippen molar-refractivity contribution in [2.75, 3.05) is 18.0 Å². The molecule has 2 heterocycles. The van der Waals surface area contributed by atoms with E-state index in [4.69, 9.17) is 11.6 Å². The first-order chi connectivity index (χ1) is 8.02. The molecular weight excluding hydrogens is 234 g/mol. The monoisotopic (exact) mass is 253 g/mol. The Morgan fingerprint density at radius 2 is 2.00 bits per heavy atom. The number of alkyl halides is 1. The lowest BCUT2D eigenvalue weighted by Crippen LogP contribution is -2.38. The van der Waals surface area contributed by atoms with E-state index in [0.717, 1.165) is 30.3 Å². The molecule has 1 fully saturated rings. The zero-order valence-corrected chi connectivity index (χ0v) is 11.6. The molecule has 4 heteroatoms. The van der Waals surface area contributed by atoms with Gasteiger partial charge in [-0.25, -0.2) is 9.97 Å². The molecule has 1 saturated heterocycles. The van der Waals surface area contributed by atoms with Crippen LogP contribution in [-0.4, -0.2) is 23.1 Å². The summed E-state index contributed by atoms with van der Waals surface area (Å²) in [6.45, 7) is 8.75. The fourth-order valence-corrected chi connectivity index (χ4v) is 2.34. The van der Waals surface area contributed by atoms with Crippen LogP contribution in [0.15, 0.2) is 6.20 Å². The van der Waals surface area contributed by atoms with Gasteiger partial charge in [0, 0.05) is 30.5 Å². The average Bonchev–Trinajstić information content (AvgIpc) is 2.29. The van der Waals surface area contributed by atoms with Crippen molar-refractivity contribution in [1.82, 2.24) is 9.97 Å². The second-order valence-corrected chi connectivity index (χ2v) is 5.83. The molecule has 3 nitrogen and oxygen atoms in total. The third kappa shape index (κ3) is 2.89. The van der Waals surface area contributed by atoms with Gasteiger partial charge in [-0.2, -0.15) is 0 Å². The van der Waals surface area contributed by atoms with Crippen LogP contribution in [-0.2, 0) is 5.88 Å². The summed E-state index contributed by atoms with van der Waals surface area (Å²) in [6.07, 6.45) is 4.25. The van der Waals surface area contributed by atoms with Gasteiger partial charge in [-0.1, -0.05) is 13.8 Å². The van der Waals surface area contributed by atoms with E-state index in [-0.39, 0.29) is 0 Å². The Bertz CT molecular complexity index is 394. The van der Waals surface area contributed by atoms with Gasteiger partial charge in [-0.15, -0.1) is 11.6 Å². The van der Waals surface area contributed by atoms with E-state index in [0.29, 0.717) is 11.3 Å². The lowest BCUT2D eigenvalue weighted by Gasteiger charge is -2.36. The van der Waals surface area contributed by atoms with Crippen molar-refractivity contribution in [1.29, 1.82) is 0 Å². The summed E-state index contributed by atoms with van der Waals surface area (Å²) in [5.74, 6) is 1.34. The Morgan fingerprint density at radius 1 is 1.35 bits per heavy atom. The second-order valence-electron chi connectivity index (χ2n) is 5.57. The van der Waals surface area contributed by atoms with E-state index in [1.165, 1.54) is 12.8 Å². The molecule has 0 N–H and O–H groups in total.